The average Bonchev–Trinajstić information content (AvgIpc) is 3.01. The lowest BCUT2D eigenvalue weighted by atomic mass is 9.69. The normalized spacial score (nSPS) is 20.6. The lowest BCUT2D eigenvalue weighted by Gasteiger charge is -2.37. The van der Waals surface area contributed by atoms with Crippen molar-refractivity contribution in [1.29, 1.82) is 0 Å². The predicted octanol–water partition coefficient (Wildman–Crippen LogP) is 4.67. The van der Waals surface area contributed by atoms with Crippen molar-refractivity contribution in [2.75, 3.05) is 0 Å². The summed E-state index contributed by atoms with van der Waals surface area (Å²) in [6.45, 7) is 14.2. The van der Waals surface area contributed by atoms with Gasteiger partial charge in [0.15, 0.2) is 5.60 Å². The maximum absolute atomic E-state index is 11.2. The average molecular weight is 359 g/mol. The monoisotopic (exact) mass is 358 g/mol. The summed E-state index contributed by atoms with van der Waals surface area (Å²) in [6, 6.07) is 3.42. The van der Waals surface area contributed by atoms with Crippen molar-refractivity contribution in [3.63, 3.8) is 0 Å². The molecule has 4 nitrogen and oxygen atoms in total. The molecule has 0 spiro atoms. The van der Waals surface area contributed by atoms with E-state index in [1.165, 1.54) is 11.1 Å². The Balaban J connectivity index is 2.07. The molecular weight excluding hydrogens is 332 g/mol. The molecule has 134 valence electrons. The van der Waals surface area contributed by atoms with Crippen LogP contribution in [-0.2, 0) is 16.4 Å². The first-order chi connectivity index (χ1) is 11.4. The topological polar surface area (TPSA) is 66.2 Å². The third-order valence-corrected chi connectivity index (χ3v) is 6.90. The van der Waals surface area contributed by atoms with Crippen LogP contribution < -0.4 is 0 Å². The summed E-state index contributed by atoms with van der Waals surface area (Å²) in [4.78, 5) is 10.5. The Morgan fingerprint density at radius 2 is 1.84 bits per heavy atom. The number of thiazole rings is 1. The van der Waals surface area contributed by atoms with E-state index in [0.717, 1.165) is 18.5 Å². The fourth-order valence-corrected chi connectivity index (χ4v) is 4.70. The number of fused-ring (bicyclic) bond motifs is 1. The number of hydrogen-bond acceptors (Lipinski definition) is 5. The first-order valence-electron chi connectivity index (χ1n) is 8.54. The summed E-state index contributed by atoms with van der Waals surface area (Å²) < 4.78 is 0. The van der Waals surface area contributed by atoms with E-state index in [-0.39, 0.29) is 16.6 Å². The Bertz CT molecular complexity index is 783. The number of pyridine rings is 1. The molecule has 0 saturated carbocycles. The van der Waals surface area contributed by atoms with Crippen LogP contribution in [0.1, 0.15) is 74.3 Å². The van der Waals surface area contributed by atoms with Crippen LogP contribution in [0.25, 0.3) is 5.76 Å². The molecule has 5 heteroatoms. The zero-order chi connectivity index (χ0) is 18.6. The van der Waals surface area contributed by atoms with E-state index in [2.05, 4.69) is 39.3 Å². The third-order valence-electron chi connectivity index (χ3n) is 5.27. The van der Waals surface area contributed by atoms with Crippen molar-refractivity contribution in [1.82, 2.24) is 9.97 Å². The molecule has 1 atom stereocenters. The maximum atomic E-state index is 11.2. The first kappa shape index (κ1) is 18.1. The largest absolute Gasteiger partial charge is 0.508 e. The van der Waals surface area contributed by atoms with Crippen LogP contribution in [0.15, 0.2) is 24.9 Å². The molecule has 3 rings (SSSR count). The molecule has 25 heavy (non-hydrogen) atoms. The van der Waals surface area contributed by atoms with Gasteiger partial charge in [-0.25, -0.2) is 4.98 Å². The Morgan fingerprint density at radius 3 is 2.36 bits per heavy atom. The van der Waals surface area contributed by atoms with Crippen LogP contribution in [0.2, 0.25) is 0 Å². The van der Waals surface area contributed by atoms with Crippen LogP contribution in [0.3, 0.4) is 0 Å². The molecule has 0 aliphatic heterocycles. The van der Waals surface area contributed by atoms with Gasteiger partial charge in [-0.05, 0) is 31.9 Å². The van der Waals surface area contributed by atoms with Gasteiger partial charge in [0.25, 0.3) is 0 Å². The minimum atomic E-state index is -1.27. The fourth-order valence-electron chi connectivity index (χ4n) is 3.26. The van der Waals surface area contributed by atoms with Crippen LogP contribution in [0.5, 0.6) is 0 Å². The highest BCUT2D eigenvalue weighted by atomic mass is 32.1. The van der Waals surface area contributed by atoms with Crippen LogP contribution in [0.4, 0.5) is 0 Å². The van der Waals surface area contributed by atoms with Crippen molar-refractivity contribution in [2.24, 2.45) is 0 Å². The minimum Gasteiger partial charge on any atom is -0.508 e. The number of rotatable bonds is 3. The highest BCUT2D eigenvalue weighted by molar-refractivity contribution is 7.12. The molecular formula is C20H26N2O2S. The van der Waals surface area contributed by atoms with Crippen molar-refractivity contribution in [3.8, 4) is 0 Å². The van der Waals surface area contributed by atoms with Gasteiger partial charge in [-0.2, -0.15) is 0 Å². The standard InChI is InChI=1S/C20H26N2O2S/c1-12(23)13-7-8-14(21-11-13)20(6,24)17-22-15-16(25-17)19(4,5)10-9-18(15,2)3/h7-8,11,23-24H,1,9-10H2,2-6H3. The molecule has 0 fully saturated rings. The van der Waals surface area contributed by atoms with Gasteiger partial charge in [0.05, 0.1) is 11.4 Å². The van der Waals surface area contributed by atoms with Crippen LogP contribution in [-0.4, -0.2) is 20.2 Å². The second-order valence-corrected chi connectivity index (χ2v) is 9.41. The Morgan fingerprint density at radius 1 is 1.20 bits per heavy atom. The molecule has 0 aromatic carbocycles. The second kappa shape index (κ2) is 5.64. The zero-order valence-electron chi connectivity index (χ0n) is 15.6. The lowest BCUT2D eigenvalue weighted by molar-refractivity contribution is 0.0966. The number of aliphatic hydroxyl groups excluding tert-OH is 1. The molecule has 0 saturated heterocycles. The lowest BCUT2D eigenvalue weighted by Crippen LogP contribution is -2.33. The van der Waals surface area contributed by atoms with E-state index in [9.17, 15) is 10.2 Å². The summed E-state index contributed by atoms with van der Waals surface area (Å²) in [6.07, 6.45) is 3.72. The van der Waals surface area contributed by atoms with Gasteiger partial charge in [0, 0.05) is 27.5 Å². The van der Waals surface area contributed by atoms with Gasteiger partial charge in [-0.15, -0.1) is 11.3 Å². The summed E-state index contributed by atoms with van der Waals surface area (Å²) in [7, 11) is 0. The number of aliphatic hydroxyl groups is 2. The number of hydrogen-bond donors (Lipinski definition) is 2. The van der Waals surface area contributed by atoms with Gasteiger partial charge in [0.2, 0.25) is 0 Å². The molecule has 1 aliphatic rings. The van der Waals surface area contributed by atoms with E-state index >= 15 is 0 Å². The quantitative estimate of drug-likeness (QED) is 0.782. The predicted molar refractivity (Wildman–Crippen MR) is 102 cm³/mol. The van der Waals surface area contributed by atoms with E-state index in [0.29, 0.717) is 16.3 Å². The smallest absolute Gasteiger partial charge is 0.155 e. The molecule has 0 bridgehead atoms. The Hall–Kier alpha value is -1.72. The summed E-state index contributed by atoms with van der Waals surface area (Å²) in [5, 5.41) is 21.3. The van der Waals surface area contributed by atoms with Gasteiger partial charge in [-0.3, -0.25) is 4.98 Å². The molecule has 1 aliphatic carbocycles. The summed E-state index contributed by atoms with van der Waals surface area (Å²) >= 11 is 1.59. The summed E-state index contributed by atoms with van der Waals surface area (Å²) in [5.41, 5.74) is 0.970. The zero-order valence-corrected chi connectivity index (χ0v) is 16.4. The van der Waals surface area contributed by atoms with Gasteiger partial charge >= 0.3 is 0 Å². The third kappa shape index (κ3) is 3.00. The number of nitrogens with zero attached hydrogens (tertiary/aromatic N) is 2. The highest BCUT2D eigenvalue weighted by Gasteiger charge is 2.43. The summed E-state index contributed by atoms with van der Waals surface area (Å²) in [5.74, 6) is -0.0353. The van der Waals surface area contributed by atoms with Crippen molar-refractivity contribution < 1.29 is 10.2 Å². The first-order valence-corrected chi connectivity index (χ1v) is 9.36. The van der Waals surface area contributed by atoms with E-state index in [1.807, 2.05) is 0 Å². The SMILES string of the molecule is C=C(O)c1ccc(C(C)(O)c2nc3c(s2)C(C)(C)CCC3(C)C)nc1. The van der Waals surface area contributed by atoms with Crippen molar-refractivity contribution in [3.05, 3.63) is 51.7 Å². The Kier molecular flexibility index (Phi) is 4.08. The van der Waals surface area contributed by atoms with Crippen molar-refractivity contribution >= 4 is 17.1 Å². The maximum Gasteiger partial charge on any atom is 0.155 e. The molecule has 2 heterocycles. The number of aromatic nitrogens is 2. The van der Waals surface area contributed by atoms with E-state index < -0.39 is 5.60 Å². The van der Waals surface area contributed by atoms with Crippen LogP contribution >= 0.6 is 11.3 Å². The van der Waals surface area contributed by atoms with Gasteiger partial charge in [-0.1, -0.05) is 34.3 Å². The molecule has 2 aromatic rings. The van der Waals surface area contributed by atoms with E-state index in [1.54, 1.807) is 30.4 Å². The molecule has 1 unspecified atom stereocenters. The fraction of sp³-hybridized carbons (Fsp3) is 0.500. The molecule has 2 aromatic heterocycles. The van der Waals surface area contributed by atoms with E-state index in [4.69, 9.17) is 4.98 Å². The second-order valence-electron chi connectivity index (χ2n) is 8.42. The van der Waals surface area contributed by atoms with Crippen LogP contribution in [0, 0.1) is 0 Å². The van der Waals surface area contributed by atoms with Gasteiger partial charge < -0.3 is 10.2 Å². The minimum absolute atomic E-state index is 0.0155. The van der Waals surface area contributed by atoms with Gasteiger partial charge in [0.1, 0.15) is 10.8 Å². The highest BCUT2D eigenvalue weighted by Crippen LogP contribution is 2.49. The Labute approximate surface area is 153 Å². The van der Waals surface area contributed by atoms with Crippen molar-refractivity contribution in [2.45, 2.75) is 63.9 Å². The molecule has 0 radical (unpaired) electrons. The molecule has 0 amide bonds. The molecule has 2 N–H and O–H groups in total.